The van der Waals surface area contributed by atoms with E-state index in [2.05, 4.69) is 0 Å². The Hall–Kier alpha value is -1.22. The maximum Gasteiger partial charge on any atom is 0.310 e. The molecule has 0 aliphatic carbocycles. The number of halogens is 1. The zero-order valence-corrected chi connectivity index (χ0v) is 10.3. The number of methoxy groups -OCH3 is 1. The van der Waals surface area contributed by atoms with Crippen molar-refractivity contribution in [2.75, 3.05) is 7.11 Å². The number of hydrogen-bond acceptors (Lipinski definition) is 2. The lowest BCUT2D eigenvalue weighted by Crippen LogP contribution is -2.12. The van der Waals surface area contributed by atoms with Gasteiger partial charge in [0.2, 0.25) is 0 Å². The van der Waals surface area contributed by atoms with E-state index in [-0.39, 0.29) is 0 Å². The highest BCUT2D eigenvalue weighted by atomic mass is 35.5. The van der Waals surface area contributed by atoms with Crippen molar-refractivity contribution >= 4 is 17.6 Å². The fraction of sp³-hybridized carbons (Fsp3) is 0.417. The molecule has 0 amide bonds. The number of benzene rings is 1. The minimum Gasteiger partial charge on any atom is -0.495 e. The molecule has 0 saturated carbocycles. The molecule has 1 rings (SSSR count). The summed E-state index contributed by atoms with van der Waals surface area (Å²) >= 11 is 5.96. The number of hydrogen-bond donors (Lipinski definition) is 1. The summed E-state index contributed by atoms with van der Waals surface area (Å²) in [5.41, 5.74) is 1.64. The van der Waals surface area contributed by atoms with Gasteiger partial charge in [-0.1, -0.05) is 18.5 Å². The molecule has 0 fully saturated rings. The van der Waals surface area contributed by atoms with E-state index in [1.807, 2.05) is 13.8 Å². The van der Waals surface area contributed by atoms with Crippen molar-refractivity contribution in [1.29, 1.82) is 0 Å². The van der Waals surface area contributed by atoms with Gasteiger partial charge < -0.3 is 9.84 Å². The van der Waals surface area contributed by atoms with E-state index in [1.54, 1.807) is 12.1 Å². The largest absolute Gasteiger partial charge is 0.495 e. The second kappa shape index (κ2) is 5.21. The maximum atomic E-state index is 11.1. The van der Waals surface area contributed by atoms with Gasteiger partial charge in [-0.3, -0.25) is 4.79 Å². The van der Waals surface area contributed by atoms with Crippen LogP contribution in [0.4, 0.5) is 0 Å². The van der Waals surface area contributed by atoms with Crippen LogP contribution in [0, 0.1) is 6.92 Å². The van der Waals surface area contributed by atoms with Crippen molar-refractivity contribution in [3.8, 4) is 5.75 Å². The first-order chi connectivity index (χ1) is 7.51. The van der Waals surface area contributed by atoms with E-state index < -0.39 is 11.9 Å². The minimum atomic E-state index is -0.824. The van der Waals surface area contributed by atoms with Crippen LogP contribution in [0.1, 0.15) is 30.4 Å². The van der Waals surface area contributed by atoms with Gasteiger partial charge in [0.1, 0.15) is 5.75 Å². The van der Waals surface area contributed by atoms with Gasteiger partial charge in [0.05, 0.1) is 18.1 Å². The lowest BCUT2D eigenvalue weighted by atomic mass is 9.92. The van der Waals surface area contributed by atoms with Crippen LogP contribution in [0.15, 0.2) is 12.1 Å². The molecule has 0 aliphatic rings. The third kappa shape index (κ3) is 2.47. The monoisotopic (exact) mass is 242 g/mol. The number of aliphatic carboxylic acids is 1. The molecular weight excluding hydrogens is 228 g/mol. The Kier molecular flexibility index (Phi) is 4.19. The van der Waals surface area contributed by atoms with Crippen molar-refractivity contribution in [3.05, 3.63) is 28.3 Å². The first-order valence-electron chi connectivity index (χ1n) is 5.08. The van der Waals surface area contributed by atoms with Gasteiger partial charge in [-0.15, -0.1) is 0 Å². The quantitative estimate of drug-likeness (QED) is 0.882. The maximum absolute atomic E-state index is 11.1. The van der Waals surface area contributed by atoms with E-state index in [0.29, 0.717) is 17.2 Å². The number of aryl methyl sites for hydroxylation is 1. The smallest absolute Gasteiger partial charge is 0.310 e. The Morgan fingerprint density at radius 1 is 1.56 bits per heavy atom. The van der Waals surface area contributed by atoms with Crippen LogP contribution < -0.4 is 4.74 Å². The van der Waals surface area contributed by atoms with Crippen LogP contribution in [0.3, 0.4) is 0 Å². The minimum absolute atomic E-state index is 0.504. The highest BCUT2D eigenvalue weighted by Crippen LogP contribution is 2.32. The van der Waals surface area contributed by atoms with Gasteiger partial charge in [0, 0.05) is 0 Å². The van der Waals surface area contributed by atoms with Crippen molar-refractivity contribution in [1.82, 2.24) is 0 Å². The lowest BCUT2D eigenvalue weighted by molar-refractivity contribution is -0.138. The molecule has 0 radical (unpaired) electrons. The van der Waals surface area contributed by atoms with E-state index in [9.17, 15) is 4.79 Å². The van der Waals surface area contributed by atoms with E-state index >= 15 is 0 Å². The van der Waals surface area contributed by atoms with Crippen LogP contribution in [-0.2, 0) is 4.79 Å². The van der Waals surface area contributed by atoms with Crippen molar-refractivity contribution in [2.24, 2.45) is 0 Å². The predicted molar refractivity (Wildman–Crippen MR) is 63.4 cm³/mol. The fourth-order valence-corrected chi connectivity index (χ4v) is 2.02. The second-order valence-corrected chi connectivity index (χ2v) is 4.05. The van der Waals surface area contributed by atoms with Gasteiger partial charge in [0.15, 0.2) is 0 Å². The molecule has 0 bridgehead atoms. The number of ether oxygens (including phenoxy) is 1. The van der Waals surface area contributed by atoms with Crippen LogP contribution in [0.2, 0.25) is 5.02 Å². The summed E-state index contributed by atoms with van der Waals surface area (Å²) in [5.74, 6) is -0.817. The number of rotatable bonds is 4. The number of carboxylic acids is 1. The van der Waals surface area contributed by atoms with Crippen molar-refractivity contribution < 1.29 is 14.6 Å². The zero-order chi connectivity index (χ0) is 12.3. The average Bonchev–Trinajstić information content (AvgIpc) is 2.21. The summed E-state index contributed by atoms with van der Waals surface area (Å²) < 4.78 is 5.09. The van der Waals surface area contributed by atoms with Gasteiger partial charge in [-0.2, -0.15) is 0 Å². The Labute approximate surface area is 100.0 Å². The van der Waals surface area contributed by atoms with E-state index in [0.717, 1.165) is 11.1 Å². The number of carboxylic acid groups (broad SMARTS) is 1. The summed E-state index contributed by atoms with van der Waals surface area (Å²) in [4.78, 5) is 11.1. The molecule has 4 heteroatoms. The second-order valence-electron chi connectivity index (χ2n) is 3.64. The highest BCUT2D eigenvalue weighted by molar-refractivity contribution is 6.32. The van der Waals surface area contributed by atoms with Gasteiger partial charge >= 0.3 is 5.97 Å². The molecule has 88 valence electrons. The third-order valence-electron chi connectivity index (χ3n) is 2.62. The molecule has 0 spiro atoms. The molecule has 0 saturated heterocycles. The SMILES string of the molecule is CCC(C(=O)O)c1cc(OC)c(Cl)cc1C. The summed E-state index contributed by atoms with van der Waals surface area (Å²) in [7, 11) is 1.52. The third-order valence-corrected chi connectivity index (χ3v) is 2.92. The first kappa shape index (κ1) is 12.8. The van der Waals surface area contributed by atoms with Crippen molar-refractivity contribution in [2.45, 2.75) is 26.2 Å². The molecule has 1 aromatic rings. The Morgan fingerprint density at radius 3 is 2.62 bits per heavy atom. The first-order valence-corrected chi connectivity index (χ1v) is 5.45. The molecule has 16 heavy (non-hydrogen) atoms. The summed E-state index contributed by atoms with van der Waals surface area (Å²) in [6.07, 6.45) is 0.543. The zero-order valence-electron chi connectivity index (χ0n) is 9.58. The average molecular weight is 243 g/mol. The molecule has 0 heterocycles. The van der Waals surface area contributed by atoms with Gasteiger partial charge in [-0.25, -0.2) is 0 Å². The van der Waals surface area contributed by atoms with Crippen molar-refractivity contribution in [3.63, 3.8) is 0 Å². The Morgan fingerprint density at radius 2 is 2.19 bits per heavy atom. The summed E-state index contributed by atoms with van der Waals surface area (Å²) in [6, 6.07) is 3.45. The van der Waals surface area contributed by atoms with Crippen LogP contribution >= 0.6 is 11.6 Å². The molecule has 0 aromatic heterocycles. The van der Waals surface area contributed by atoms with Gasteiger partial charge in [-0.05, 0) is 36.6 Å². The molecule has 1 unspecified atom stereocenters. The summed E-state index contributed by atoms with van der Waals surface area (Å²) in [6.45, 7) is 3.70. The molecule has 0 aliphatic heterocycles. The highest BCUT2D eigenvalue weighted by Gasteiger charge is 2.21. The molecular formula is C12H15ClO3. The molecule has 1 N–H and O–H groups in total. The Balaban J connectivity index is 3.26. The lowest BCUT2D eigenvalue weighted by Gasteiger charge is -2.15. The van der Waals surface area contributed by atoms with Gasteiger partial charge in [0.25, 0.3) is 0 Å². The van der Waals surface area contributed by atoms with Crippen LogP contribution in [0.5, 0.6) is 5.75 Å². The fourth-order valence-electron chi connectivity index (χ4n) is 1.73. The predicted octanol–water partition coefficient (Wildman–Crippen LogP) is 3.24. The summed E-state index contributed by atoms with van der Waals surface area (Å²) in [5, 5.41) is 9.61. The normalized spacial score (nSPS) is 12.2. The molecule has 3 nitrogen and oxygen atoms in total. The number of carbonyl (C=O) groups is 1. The topological polar surface area (TPSA) is 46.5 Å². The molecule has 1 aromatic carbocycles. The molecule has 1 atom stereocenters. The Bertz CT molecular complexity index is 401. The standard InChI is InChI=1S/C12H15ClO3/c1-4-8(12(14)15)9-6-11(16-3)10(13)5-7(9)2/h5-6,8H,4H2,1-3H3,(H,14,15). The van der Waals surface area contributed by atoms with E-state index in [4.69, 9.17) is 21.4 Å². The van der Waals surface area contributed by atoms with E-state index in [1.165, 1.54) is 7.11 Å². The van der Waals surface area contributed by atoms with Crippen LogP contribution in [-0.4, -0.2) is 18.2 Å². The van der Waals surface area contributed by atoms with Crippen LogP contribution in [0.25, 0.3) is 0 Å².